The fourth-order valence-electron chi connectivity index (χ4n) is 4.11. The zero-order valence-corrected chi connectivity index (χ0v) is 20.5. The summed E-state index contributed by atoms with van der Waals surface area (Å²) in [5.74, 6) is -0.695. The predicted molar refractivity (Wildman–Crippen MR) is 131 cm³/mol. The highest BCUT2D eigenvalue weighted by Crippen LogP contribution is 2.33. The molecule has 13 heteroatoms. The van der Waals surface area contributed by atoms with Crippen molar-refractivity contribution in [2.75, 3.05) is 0 Å². The van der Waals surface area contributed by atoms with Gasteiger partial charge in [-0.05, 0) is 42.3 Å². The summed E-state index contributed by atoms with van der Waals surface area (Å²) in [4.78, 5) is 34.1. The highest BCUT2D eigenvalue weighted by atomic mass is 35.5. The lowest BCUT2D eigenvalue weighted by atomic mass is 9.97. The molecule has 0 N–H and O–H groups in total. The Hall–Kier alpha value is -4.32. The lowest BCUT2D eigenvalue weighted by Gasteiger charge is -2.14. The molecule has 194 valence electrons. The highest BCUT2D eigenvalue weighted by molar-refractivity contribution is 6.30. The van der Waals surface area contributed by atoms with Crippen LogP contribution in [0.25, 0.3) is 27.9 Å². The first-order valence-electron chi connectivity index (χ1n) is 11.1. The van der Waals surface area contributed by atoms with E-state index in [1.54, 1.807) is 24.3 Å². The molecule has 4 aromatic heterocycles. The number of benzene rings is 1. The van der Waals surface area contributed by atoms with E-state index < -0.39 is 29.1 Å². The van der Waals surface area contributed by atoms with Gasteiger partial charge in [-0.3, -0.25) is 9.78 Å². The van der Waals surface area contributed by atoms with Crippen LogP contribution in [0.1, 0.15) is 16.8 Å². The lowest BCUT2D eigenvalue weighted by Crippen LogP contribution is -2.33. The molecule has 5 aromatic rings. The average Bonchev–Trinajstić information content (AvgIpc) is 3.19. The molecule has 0 amide bonds. The van der Waals surface area contributed by atoms with E-state index in [0.29, 0.717) is 16.1 Å². The van der Waals surface area contributed by atoms with Gasteiger partial charge in [0, 0.05) is 41.2 Å². The van der Waals surface area contributed by atoms with Crippen LogP contribution in [0.4, 0.5) is 17.6 Å². The van der Waals surface area contributed by atoms with Crippen molar-refractivity contribution >= 4 is 17.2 Å². The Labute approximate surface area is 216 Å². The predicted octanol–water partition coefficient (Wildman–Crippen LogP) is 4.49. The Morgan fingerprint density at radius 2 is 1.66 bits per heavy atom. The number of rotatable bonds is 4. The summed E-state index contributed by atoms with van der Waals surface area (Å²) in [5.41, 5.74) is -0.550. The van der Waals surface area contributed by atoms with E-state index in [0.717, 1.165) is 26.1 Å². The molecular weight excluding hydrogens is 528 g/mol. The van der Waals surface area contributed by atoms with Crippen LogP contribution >= 0.6 is 11.6 Å². The van der Waals surface area contributed by atoms with Crippen molar-refractivity contribution in [1.29, 1.82) is 0 Å². The van der Waals surface area contributed by atoms with Gasteiger partial charge in [-0.15, -0.1) is 5.10 Å². The molecule has 0 aliphatic carbocycles. The van der Waals surface area contributed by atoms with Crippen molar-refractivity contribution in [3.05, 3.63) is 103 Å². The van der Waals surface area contributed by atoms with Crippen molar-refractivity contribution in [3.8, 4) is 22.3 Å². The third-order valence-electron chi connectivity index (χ3n) is 5.98. The van der Waals surface area contributed by atoms with Crippen molar-refractivity contribution < 1.29 is 17.6 Å². The van der Waals surface area contributed by atoms with E-state index in [1.807, 2.05) is 0 Å². The minimum Gasteiger partial charge on any atom is -0.267 e. The fraction of sp³-hybridized carbons (Fsp3) is 0.160. The van der Waals surface area contributed by atoms with E-state index in [-0.39, 0.29) is 34.4 Å². The van der Waals surface area contributed by atoms with Crippen LogP contribution in [0.2, 0.25) is 5.02 Å². The summed E-state index contributed by atoms with van der Waals surface area (Å²) in [6.45, 7) is 1.30. The zero-order chi connectivity index (χ0) is 27.4. The molecule has 0 radical (unpaired) electrons. The van der Waals surface area contributed by atoms with Gasteiger partial charge in [0.15, 0.2) is 5.65 Å². The second-order valence-electron chi connectivity index (χ2n) is 8.54. The maximum atomic E-state index is 14.0. The van der Waals surface area contributed by atoms with Gasteiger partial charge in [0.05, 0.1) is 12.1 Å². The SMILES string of the molecule is Cc1cc(-c2c(-c3ccc(Cl)cc3)c(=O)n(C)n3c(=O)n(Cc4ccc(C(F)(F)F)nc4)nc23)cnc1F. The third-order valence-corrected chi connectivity index (χ3v) is 6.23. The van der Waals surface area contributed by atoms with Crippen molar-refractivity contribution in [1.82, 2.24) is 28.9 Å². The molecule has 0 bridgehead atoms. The molecule has 0 fully saturated rings. The summed E-state index contributed by atoms with van der Waals surface area (Å²) in [6.07, 6.45) is -2.36. The number of nitrogens with zero attached hydrogens (tertiary/aromatic N) is 6. The number of alkyl halides is 3. The van der Waals surface area contributed by atoms with Crippen molar-refractivity contribution in [3.63, 3.8) is 0 Å². The Morgan fingerprint density at radius 1 is 0.947 bits per heavy atom. The molecule has 5 rings (SSSR count). The number of hydrogen-bond donors (Lipinski definition) is 0. The quantitative estimate of drug-likeness (QED) is 0.246. The largest absolute Gasteiger partial charge is 0.433 e. The van der Waals surface area contributed by atoms with Gasteiger partial charge >= 0.3 is 11.9 Å². The van der Waals surface area contributed by atoms with Crippen molar-refractivity contribution in [2.24, 2.45) is 7.05 Å². The summed E-state index contributed by atoms with van der Waals surface area (Å²) < 4.78 is 55.8. The molecule has 4 heterocycles. The van der Waals surface area contributed by atoms with E-state index in [2.05, 4.69) is 15.1 Å². The second kappa shape index (κ2) is 9.21. The minimum absolute atomic E-state index is 0.0646. The summed E-state index contributed by atoms with van der Waals surface area (Å²) >= 11 is 6.03. The van der Waals surface area contributed by atoms with Crippen LogP contribution in [0.15, 0.2) is 64.4 Å². The van der Waals surface area contributed by atoms with Gasteiger partial charge in [-0.1, -0.05) is 29.8 Å². The van der Waals surface area contributed by atoms with Gasteiger partial charge in [0.2, 0.25) is 5.95 Å². The molecule has 0 unspecified atom stereocenters. The average molecular weight is 545 g/mol. The van der Waals surface area contributed by atoms with Gasteiger partial charge in [-0.2, -0.15) is 22.1 Å². The molecule has 0 aliphatic rings. The molecule has 0 atom stereocenters. The Bertz CT molecular complexity index is 1810. The minimum atomic E-state index is -4.61. The maximum absolute atomic E-state index is 14.0. The number of halogens is 5. The zero-order valence-electron chi connectivity index (χ0n) is 19.8. The topological polar surface area (TPSA) is 87.1 Å². The van der Waals surface area contributed by atoms with Crippen LogP contribution in [0, 0.1) is 12.9 Å². The summed E-state index contributed by atoms with van der Waals surface area (Å²) in [6, 6.07) is 9.95. The van der Waals surface area contributed by atoms with Gasteiger partial charge < -0.3 is 0 Å². The molecule has 0 saturated heterocycles. The van der Waals surface area contributed by atoms with E-state index in [1.165, 1.54) is 32.3 Å². The monoisotopic (exact) mass is 544 g/mol. The Balaban J connectivity index is 1.77. The molecular formula is C25H17ClF4N6O2. The Kier molecular flexibility index (Phi) is 6.14. The maximum Gasteiger partial charge on any atom is 0.433 e. The molecule has 8 nitrogen and oxygen atoms in total. The number of aryl methyl sites for hydroxylation is 2. The standard InChI is InChI=1S/C25H17ClF4N6O2/c1-13-9-16(11-32-21(13)27)19-20(15-4-6-17(26)7-5-15)23(37)34(2)36-22(19)33-35(24(36)38)12-14-3-8-18(31-10-14)25(28,29)30/h3-11H,12H2,1-2H3. The Morgan fingerprint density at radius 3 is 2.26 bits per heavy atom. The van der Waals surface area contributed by atoms with Crippen LogP contribution in [-0.2, 0) is 19.8 Å². The van der Waals surface area contributed by atoms with Gasteiger partial charge in [0.25, 0.3) is 5.56 Å². The lowest BCUT2D eigenvalue weighted by molar-refractivity contribution is -0.141. The van der Waals surface area contributed by atoms with E-state index in [9.17, 15) is 27.2 Å². The van der Waals surface area contributed by atoms with Gasteiger partial charge in [0.1, 0.15) is 5.69 Å². The number of pyridine rings is 2. The molecule has 0 saturated carbocycles. The van der Waals surface area contributed by atoms with Crippen LogP contribution in [0.3, 0.4) is 0 Å². The summed E-state index contributed by atoms with van der Waals surface area (Å²) in [5, 5.41) is 4.87. The van der Waals surface area contributed by atoms with Crippen LogP contribution < -0.4 is 11.2 Å². The van der Waals surface area contributed by atoms with Gasteiger partial charge in [-0.25, -0.2) is 19.1 Å². The number of hydrogen-bond acceptors (Lipinski definition) is 5. The van der Waals surface area contributed by atoms with Crippen molar-refractivity contribution in [2.45, 2.75) is 19.6 Å². The third kappa shape index (κ3) is 4.36. The van der Waals surface area contributed by atoms with Crippen LogP contribution in [0.5, 0.6) is 0 Å². The summed E-state index contributed by atoms with van der Waals surface area (Å²) in [7, 11) is 1.39. The highest BCUT2D eigenvalue weighted by Gasteiger charge is 2.32. The first kappa shape index (κ1) is 25.3. The fourth-order valence-corrected chi connectivity index (χ4v) is 4.24. The normalized spacial score (nSPS) is 11.9. The second-order valence-corrected chi connectivity index (χ2v) is 8.98. The number of aromatic nitrogens is 6. The van der Waals surface area contributed by atoms with E-state index >= 15 is 0 Å². The first-order valence-corrected chi connectivity index (χ1v) is 11.5. The molecule has 1 aromatic carbocycles. The smallest absolute Gasteiger partial charge is 0.267 e. The van der Waals surface area contributed by atoms with Crippen LogP contribution in [-0.4, -0.2) is 28.9 Å². The van der Waals surface area contributed by atoms with E-state index in [4.69, 9.17) is 11.6 Å². The molecule has 38 heavy (non-hydrogen) atoms. The molecule has 0 spiro atoms. The first-order chi connectivity index (χ1) is 18.0. The molecule has 0 aliphatic heterocycles. The number of fused-ring (bicyclic) bond motifs is 1.